The Bertz CT molecular complexity index is 352. The molecule has 14 heavy (non-hydrogen) atoms. The molecule has 0 saturated carbocycles. The lowest BCUT2D eigenvalue weighted by Gasteiger charge is -2.22. The molecule has 0 aromatic heterocycles. The molecule has 1 heterocycles. The molecule has 2 rings (SSSR count). The SMILES string of the molecule is CC(=O)C1=CC=CC2C=C(CO)NC12. The van der Waals surface area contributed by atoms with Gasteiger partial charge in [-0.2, -0.15) is 0 Å². The highest BCUT2D eigenvalue weighted by atomic mass is 16.3. The minimum Gasteiger partial charge on any atom is -0.390 e. The van der Waals surface area contributed by atoms with Gasteiger partial charge in [0.15, 0.2) is 5.78 Å². The van der Waals surface area contributed by atoms with Gasteiger partial charge in [-0.05, 0) is 6.92 Å². The van der Waals surface area contributed by atoms with Crippen LogP contribution >= 0.6 is 0 Å². The fourth-order valence-electron chi connectivity index (χ4n) is 1.95. The van der Waals surface area contributed by atoms with Crippen LogP contribution in [-0.2, 0) is 4.79 Å². The van der Waals surface area contributed by atoms with Gasteiger partial charge in [0.1, 0.15) is 0 Å². The number of carbonyl (C=O) groups excluding carboxylic acids is 1. The van der Waals surface area contributed by atoms with Crippen molar-refractivity contribution in [1.82, 2.24) is 5.32 Å². The van der Waals surface area contributed by atoms with Crippen LogP contribution in [0.15, 0.2) is 35.6 Å². The number of carbonyl (C=O) groups is 1. The van der Waals surface area contributed by atoms with Gasteiger partial charge >= 0.3 is 0 Å². The molecule has 0 saturated heterocycles. The first kappa shape index (κ1) is 9.21. The number of allylic oxidation sites excluding steroid dienone is 2. The maximum atomic E-state index is 11.3. The molecule has 2 aliphatic rings. The third kappa shape index (κ3) is 1.40. The molecule has 2 atom stereocenters. The summed E-state index contributed by atoms with van der Waals surface area (Å²) in [5.41, 5.74) is 1.59. The second-order valence-corrected chi connectivity index (χ2v) is 3.61. The Kier molecular flexibility index (Phi) is 2.25. The Morgan fingerprint density at radius 3 is 3.07 bits per heavy atom. The molecular weight excluding hydrogens is 178 g/mol. The fourth-order valence-corrected chi connectivity index (χ4v) is 1.95. The van der Waals surface area contributed by atoms with E-state index < -0.39 is 0 Å². The summed E-state index contributed by atoms with van der Waals surface area (Å²) in [5, 5.41) is 12.1. The normalized spacial score (nSPS) is 29.0. The predicted molar refractivity (Wildman–Crippen MR) is 53.5 cm³/mol. The first-order chi connectivity index (χ1) is 6.72. The molecule has 0 aromatic rings. The lowest BCUT2D eigenvalue weighted by Crippen LogP contribution is -2.34. The summed E-state index contributed by atoms with van der Waals surface area (Å²) in [6, 6.07) is 0.0275. The Morgan fingerprint density at radius 2 is 2.43 bits per heavy atom. The largest absolute Gasteiger partial charge is 0.390 e. The minimum absolute atomic E-state index is 0.00598. The monoisotopic (exact) mass is 191 g/mol. The Labute approximate surface area is 82.8 Å². The standard InChI is InChI=1S/C11H13NO2/c1-7(14)10-4-2-3-8-5-9(6-13)12-11(8)10/h2-5,8,11-13H,6H2,1H3. The summed E-state index contributed by atoms with van der Waals surface area (Å²) in [5.74, 6) is 0.297. The van der Waals surface area contributed by atoms with Crippen molar-refractivity contribution >= 4 is 5.78 Å². The van der Waals surface area contributed by atoms with Crippen molar-refractivity contribution < 1.29 is 9.90 Å². The predicted octanol–water partition coefficient (Wildman–Crippen LogP) is 0.536. The van der Waals surface area contributed by atoms with Gasteiger partial charge in [-0.15, -0.1) is 0 Å². The van der Waals surface area contributed by atoms with E-state index in [1.165, 1.54) is 0 Å². The molecule has 0 bridgehead atoms. The third-order valence-corrected chi connectivity index (χ3v) is 2.64. The fraction of sp³-hybridized carbons (Fsp3) is 0.364. The molecular formula is C11H13NO2. The van der Waals surface area contributed by atoms with Crippen molar-refractivity contribution in [3.05, 3.63) is 35.6 Å². The number of rotatable bonds is 2. The summed E-state index contributed by atoms with van der Waals surface area (Å²) in [6.45, 7) is 1.58. The quantitative estimate of drug-likeness (QED) is 0.669. The van der Waals surface area contributed by atoms with E-state index in [1.54, 1.807) is 6.92 Å². The summed E-state index contributed by atoms with van der Waals surface area (Å²) in [4.78, 5) is 11.3. The number of hydrogen-bond acceptors (Lipinski definition) is 3. The molecule has 3 nitrogen and oxygen atoms in total. The van der Waals surface area contributed by atoms with E-state index in [9.17, 15) is 4.79 Å². The molecule has 1 aliphatic carbocycles. The highest BCUT2D eigenvalue weighted by Gasteiger charge is 2.31. The van der Waals surface area contributed by atoms with E-state index in [0.29, 0.717) is 0 Å². The highest BCUT2D eigenvalue weighted by Crippen LogP contribution is 2.27. The van der Waals surface area contributed by atoms with Crippen molar-refractivity contribution in [2.75, 3.05) is 6.61 Å². The van der Waals surface area contributed by atoms with Gasteiger partial charge in [0.05, 0.1) is 12.6 Å². The van der Waals surface area contributed by atoms with E-state index in [0.717, 1.165) is 11.3 Å². The molecule has 0 amide bonds. The van der Waals surface area contributed by atoms with Gasteiger partial charge in [-0.1, -0.05) is 24.3 Å². The van der Waals surface area contributed by atoms with Crippen LogP contribution in [0.5, 0.6) is 0 Å². The molecule has 2 N–H and O–H groups in total. The van der Waals surface area contributed by atoms with Crippen LogP contribution in [0.1, 0.15) is 6.92 Å². The number of ketones is 1. The van der Waals surface area contributed by atoms with Crippen LogP contribution < -0.4 is 5.32 Å². The number of Topliss-reactive ketones (excluding diaryl/α,β-unsaturated/α-hetero) is 1. The topological polar surface area (TPSA) is 49.3 Å². The van der Waals surface area contributed by atoms with Crippen molar-refractivity contribution in [3.63, 3.8) is 0 Å². The van der Waals surface area contributed by atoms with Crippen molar-refractivity contribution in [3.8, 4) is 0 Å². The average Bonchev–Trinajstić information content (AvgIpc) is 2.59. The summed E-state index contributed by atoms with van der Waals surface area (Å²) in [7, 11) is 0. The molecule has 1 aliphatic heterocycles. The van der Waals surface area contributed by atoms with Crippen molar-refractivity contribution in [2.45, 2.75) is 13.0 Å². The van der Waals surface area contributed by atoms with E-state index >= 15 is 0 Å². The zero-order chi connectivity index (χ0) is 10.1. The van der Waals surface area contributed by atoms with Crippen LogP contribution in [0.3, 0.4) is 0 Å². The molecule has 0 fully saturated rings. The second kappa shape index (κ2) is 3.42. The smallest absolute Gasteiger partial charge is 0.157 e. The maximum absolute atomic E-state index is 11.3. The number of nitrogens with one attached hydrogen (secondary N) is 1. The first-order valence-electron chi connectivity index (χ1n) is 4.70. The van der Waals surface area contributed by atoms with Crippen LogP contribution in [0.4, 0.5) is 0 Å². The molecule has 0 radical (unpaired) electrons. The highest BCUT2D eigenvalue weighted by molar-refractivity contribution is 5.95. The molecule has 0 spiro atoms. The lowest BCUT2D eigenvalue weighted by molar-refractivity contribution is -0.114. The second-order valence-electron chi connectivity index (χ2n) is 3.61. The third-order valence-electron chi connectivity index (χ3n) is 2.64. The Hall–Kier alpha value is -1.35. The number of fused-ring (bicyclic) bond motifs is 1. The zero-order valence-electron chi connectivity index (χ0n) is 8.03. The van der Waals surface area contributed by atoms with E-state index in [-0.39, 0.29) is 24.3 Å². The Balaban J connectivity index is 2.25. The van der Waals surface area contributed by atoms with Gasteiger partial charge in [-0.3, -0.25) is 4.79 Å². The van der Waals surface area contributed by atoms with Gasteiger partial charge in [0.25, 0.3) is 0 Å². The Morgan fingerprint density at radius 1 is 1.64 bits per heavy atom. The summed E-state index contributed by atoms with van der Waals surface area (Å²) >= 11 is 0. The lowest BCUT2D eigenvalue weighted by atomic mass is 9.89. The number of hydrogen-bond donors (Lipinski definition) is 2. The first-order valence-corrected chi connectivity index (χ1v) is 4.70. The van der Waals surface area contributed by atoms with Gasteiger partial charge < -0.3 is 10.4 Å². The summed E-state index contributed by atoms with van der Waals surface area (Å²) < 4.78 is 0. The van der Waals surface area contributed by atoms with E-state index in [2.05, 4.69) is 5.32 Å². The van der Waals surface area contributed by atoms with Gasteiger partial charge in [-0.25, -0.2) is 0 Å². The molecule has 74 valence electrons. The maximum Gasteiger partial charge on any atom is 0.157 e. The van der Waals surface area contributed by atoms with E-state index in [4.69, 9.17) is 5.11 Å². The van der Waals surface area contributed by atoms with E-state index in [1.807, 2.05) is 24.3 Å². The van der Waals surface area contributed by atoms with Crippen LogP contribution in [0.25, 0.3) is 0 Å². The minimum atomic E-state index is 0.00598. The zero-order valence-corrected chi connectivity index (χ0v) is 8.03. The number of aliphatic hydroxyl groups is 1. The molecule has 3 heteroatoms. The van der Waals surface area contributed by atoms with Crippen molar-refractivity contribution in [2.24, 2.45) is 5.92 Å². The van der Waals surface area contributed by atoms with Gasteiger partial charge in [0, 0.05) is 17.2 Å². The van der Waals surface area contributed by atoms with Crippen LogP contribution in [0, 0.1) is 5.92 Å². The summed E-state index contributed by atoms with van der Waals surface area (Å²) in [6.07, 6.45) is 7.74. The molecule has 2 unspecified atom stereocenters. The van der Waals surface area contributed by atoms with Crippen molar-refractivity contribution in [1.29, 1.82) is 0 Å². The van der Waals surface area contributed by atoms with Crippen LogP contribution in [-0.4, -0.2) is 23.5 Å². The van der Waals surface area contributed by atoms with Gasteiger partial charge in [0.2, 0.25) is 0 Å². The van der Waals surface area contributed by atoms with Crippen LogP contribution in [0.2, 0.25) is 0 Å². The number of aliphatic hydroxyl groups excluding tert-OH is 1. The molecule has 0 aromatic carbocycles. The average molecular weight is 191 g/mol.